The highest BCUT2D eigenvalue weighted by Gasteiger charge is 2.29. The molecule has 0 unspecified atom stereocenters. The van der Waals surface area contributed by atoms with Gasteiger partial charge in [-0.15, -0.1) is 0 Å². The lowest BCUT2D eigenvalue weighted by Crippen LogP contribution is -2.37. The Kier molecular flexibility index (Phi) is 4.38. The molecule has 7 heteroatoms. The van der Waals surface area contributed by atoms with Crippen LogP contribution < -0.4 is 0 Å². The SMILES string of the molecule is CC(C)N(CC#N)S(=O)(=O)c1ccc(F)cc1F. The number of hydrogen-bond donors (Lipinski definition) is 0. The van der Waals surface area contributed by atoms with Gasteiger partial charge in [0, 0.05) is 12.1 Å². The maximum Gasteiger partial charge on any atom is 0.247 e. The summed E-state index contributed by atoms with van der Waals surface area (Å²) < 4.78 is 51.3. The molecule has 0 aliphatic carbocycles. The van der Waals surface area contributed by atoms with Gasteiger partial charge in [0.1, 0.15) is 23.1 Å². The molecule has 0 radical (unpaired) electrons. The van der Waals surface area contributed by atoms with Crippen LogP contribution in [0.2, 0.25) is 0 Å². The number of nitrogens with zero attached hydrogens (tertiary/aromatic N) is 2. The lowest BCUT2D eigenvalue weighted by molar-refractivity contribution is 0.382. The zero-order chi connectivity index (χ0) is 13.9. The van der Waals surface area contributed by atoms with Gasteiger partial charge >= 0.3 is 0 Å². The van der Waals surface area contributed by atoms with Crippen molar-refractivity contribution in [3.63, 3.8) is 0 Å². The molecule has 0 fully saturated rings. The molecule has 0 bridgehead atoms. The molecule has 0 aromatic heterocycles. The van der Waals surface area contributed by atoms with Crippen molar-refractivity contribution in [2.24, 2.45) is 0 Å². The van der Waals surface area contributed by atoms with Crippen LogP contribution in [0, 0.1) is 23.0 Å². The Labute approximate surface area is 105 Å². The maximum absolute atomic E-state index is 13.5. The average Bonchev–Trinajstić information content (AvgIpc) is 2.24. The summed E-state index contributed by atoms with van der Waals surface area (Å²) in [6, 6.07) is 3.42. The third-order valence-electron chi connectivity index (χ3n) is 2.28. The second-order valence-corrected chi connectivity index (χ2v) is 5.74. The second-order valence-electron chi connectivity index (χ2n) is 3.88. The second kappa shape index (κ2) is 5.42. The Balaban J connectivity index is 3.32. The molecule has 0 atom stereocenters. The van der Waals surface area contributed by atoms with Crippen LogP contribution in [0.4, 0.5) is 8.78 Å². The molecule has 0 N–H and O–H groups in total. The summed E-state index contributed by atoms with van der Waals surface area (Å²) in [6.45, 7) is 2.74. The zero-order valence-corrected chi connectivity index (χ0v) is 10.7. The monoisotopic (exact) mass is 274 g/mol. The summed E-state index contributed by atoms with van der Waals surface area (Å²) >= 11 is 0. The highest BCUT2D eigenvalue weighted by Crippen LogP contribution is 2.21. The standard InChI is InChI=1S/C11H12F2N2O2S/c1-8(2)15(6-5-14)18(16,17)11-4-3-9(12)7-10(11)13/h3-4,7-8H,6H2,1-2H3. The quantitative estimate of drug-likeness (QED) is 0.788. The van der Waals surface area contributed by atoms with Gasteiger partial charge in [-0.2, -0.15) is 9.57 Å². The molecule has 1 rings (SSSR count). The van der Waals surface area contributed by atoms with E-state index in [2.05, 4.69) is 0 Å². The number of halogens is 2. The van der Waals surface area contributed by atoms with E-state index in [1.165, 1.54) is 0 Å². The van der Waals surface area contributed by atoms with Crippen molar-refractivity contribution < 1.29 is 17.2 Å². The highest BCUT2D eigenvalue weighted by atomic mass is 32.2. The van der Waals surface area contributed by atoms with Crippen LogP contribution in [-0.2, 0) is 10.0 Å². The summed E-state index contributed by atoms with van der Waals surface area (Å²) in [6.07, 6.45) is 0. The Bertz CT molecular complexity index is 579. The Morgan fingerprint density at radius 1 is 1.39 bits per heavy atom. The van der Waals surface area contributed by atoms with Crippen LogP contribution in [0.5, 0.6) is 0 Å². The molecule has 0 aliphatic rings. The largest absolute Gasteiger partial charge is 0.247 e. The molecule has 0 aliphatic heterocycles. The molecule has 0 spiro atoms. The first-order valence-electron chi connectivity index (χ1n) is 5.14. The summed E-state index contributed by atoms with van der Waals surface area (Å²) in [4.78, 5) is -0.632. The predicted octanol–water partition coefficient (Wildman–Crippen LogP) is 1.89. The first kappa shape index (κ1) is 14.5. The fourth-order valence-corrected chi connectivity index (χ4v) is 3.01. The van der Waals surface area contributed by atoms with Gasteiger partial charge in [0.25, 0.3) is 0 Å². The minimum Gasteiger partial charge on any atom is -0.207 e. The van der Waals surface area contributed by atoms with E-state index in [9.17, 15) is 17.2 Å². The molecule has 1 aromatic carbocycles. The molecular formula is C11H12F2N2O2S. The van der Waals surface area contributed by atoms with Gasteiger partial charge in [-0.25, -0.2) is 17.2 Å². The third-order valence-corrected chi connectivity index (χ3v) is 4.34. The molecule has 4 nitrogen and oxygen atoms in total. The van der Waals surface area contributed by atoms with Crippen LogP contribution in [0.15, 0.2) is 23.1 Å². The van der Waals surface area contributed by atoms with E-state index in [0.29, 0.717) is 6.07 Å². The van der Waals surface area contributed by atoms with Crippen LogP contribution in [0.1, 0.15) is 13.8 Å². The molecule has 0 saturated heterocycles. The van der Waals surface area contributed by atoms with Crippen LogP contribution in [0.25, 0.3) is 0 Å². The number of rotatable bonds is 4. The molecule has 98 valence electrons. The van der Waals surface area contributed by atoms with Crippen LogP contribution in [-0.4, -0.2) is 25.3 Å². The van der Waals surface area contributed by atoms with Crippen molar-refractivity contribution in [1.82, 2.24) is 4.31 Å². The zero-order valence-electron chi connectivity index (χ0n) is 9.89. The Hall–Kier alpha value is -1.52. The summed E-state index contributed by atoms with van der Waals surface area (Å²) in [5.41, 5.74) is 0. The van der Waals surface area contributed by atoms with E-state index < -0.39 is 39.1 Å². The summed E-state index contributed by atoms with van der Waals surface area (Å²) in [5.74, 6) is -2.03. The van der Waals surface area contributed by atoms with Crippen LogP contribution >= 0.6 is 0 Å². The topological polar surface area (TPSA) is 61.2 Å². The van der Waals surface area contributed by atoms with Crippen molar-refractivity contribution in [2.75, 3.05) is 6.54 Å². The van der Waals surface area contributed by atoms with E-state index >= 15 is 0 Å². The molecule has 1 aromatic rings. The van der Waals surface area contributed by atoms with Gasteiger partial charge in [-0.05, 0) is 26.0 Å². The first-order valence-corrected chi connectivity index (χ1v) is 6.58. The average molecular weight is 274 g/mol. The van der Waals surface area contributed by atoms with Crippen molar-refractivity contribution in [3.8, 4) is 6.07 Å². The number of hydrogen-bond acceptors (Lipinski definition) is 3. The third kappa shape index (κ3) is 2.83. The van der Waals surface area contributed by atoms with Crippen molar-refractivity contribution in [2.45, 2.75) is 24.8 Å². The minimum absolute atomic E-state index is 0.392. The van der Waals surface area contributed by atoms with E-state index in [0.717, 1.165) is 16.4 Å². The van der Waals surface area contributed by atoms with Crippen molar-refractivity contribution in [3.05, 3.63) is 29.8 Å². The molecular weight excluding hydrogens is 262 g/mol. The fourth-order valence-electron chi connectivity index (χ4n) is 1.43. The number of nitriles is 1. The smallest absolute Gasteiger partial charge is 0.207 e. The van der Waals surface area contributed by atoms with Crippen molar-refractivity contribution in [1.29, 1.82) is 5.26 Å². The maximum atomic E-state index is 13.5. The normalized spacial score (nSPS) is 11.8. The lowest BCUT2D eigenvalue weighted by atomic mass is 10.3. The molecule has 0 heterocycles. The van der Waals surface area contributed by atoms with E-state index in [1.54, 1.807) is 19.9 Å². The predicted molar refractivity (Wildman–Crippen MR) is 61.0 cm³/mol. The van der Waals surface area contributed by atoms with Gasteiger partial charge in [0.2, 0.25) is 10.0 Å². The fraction of sp³-hybridized carbons (Fsp3) is 0.364. The van der Waals surface area contributed by atoms with Gasteiger partial charge in [0.05, 0.1) is 6.07 Å². The summed E-state index contributed by atoms with van der Waals surface area (Å²) in [7, 11) is -4.14. The van der Waals surface area contributed by atoms with E-state index in [1.807, 2.05) is 0 Å². The first-order chi connectivity index (χ1) is 8.30. The van der Waals surface area contributed by atoms with Crippen LogP contribution in [0.3, 0.4) is 0 Å². The van der Waals surface area contributed by atoms with Gasteiger partial charge in [-0.3, -0.25) is 0 Å². The lowest BCUT2D eigenvalue weighted by Gasteiger charge is -2.23. The van der Waals surface area contributed by atoms with Gasteiger partial charge in [-0.1, -0.05) is 0 Å². The van der Waals surface area contributed by atoms with Crippen molar-refractivity contribution >= 4 is 10.0 Å². The Morgan fingerprint density at radius 2 is 2.00 bits per heavy atom. The minimum atomic E-state index is -4.14. The van der Waals surface area contributed by atoms with Gasteiger partial charge in [0.15, 0.2) is 0 Å². The van der Waals surface area contributed by atoms with Gasteiger partial charge < -0.3 is 0 Å². The van der Waals surface area contributed by atoms with E-state index in [-0.39, 0.29) is 0 Å². The Morgan fingerprint density at radius 3 is 2.44 bits per heavy atom. The van der Waals surface area contributed by atoms with E-state index in [4.69, 9.17) is 5.26 Å². The highest BCUT2D eigenvalue weighted by molar-refractivity contribution is 7.89. The molecule has 0 saturated carbocycles. The number of benzene rings is 1. The molecule has 0 amide bonds. The summed E-state index contributed by atoms with van der Waals surface area (Å²) in [5, 5.41) is 8.60. The number of sulfonamides is 1. The molecule has 18 heavy (non-hydrogen) atoms.